The second-order valence-electron chi connectivity index (χ2n) is 4.80. The van der Waals surface area contributed by atoms with E-state index >= 15 is 0 Å². The predicted octanol–water partition coefficient (Wildman–Crippen LogP) is 3.82. The van der Waals surface area contributed by atoms with Crippen molar-refractivity contribution in [3.05, 3.63) is 35.4 Å². The topological polar surface area (TPSA) is 0 Å². The summed E-state index contributed by atoms with van der Waals surface area (Å²) in [7, 11) is 0. The van der Waals surface area contributed by atoms with Crippen molar-refractivity contribution in [1.82, 2.24) is 0 Å². The van der Waals surface area contributed by atoms with E-state index in [2.05, 4.69) is 45.0 Å². The van der Waals surface area contributed by atoms with Crippen molar-refractivity contribution in [3.63, 3.8) is 0 Å². The third-order valence-corrected chi connectivity index (χ3v) is 3.33. The first-order valence-corrected chi connectivity index (χ1v) is 5.10. The van der Waals surface area contributed by atoms with Crippen LogP contribution in [0.5, 0.6) is 0 Å². The van der Waals surface area contributed by atoms with Crippen LogP contribution in [0.4, 0.5) is 0 Å². The molecule has 0 N–H and O–H groups in total. The fraction of sp³-hybridized carbons (Fsp3) is 0.500. The van der Waals surface area contributed by atoms with E-state index in [1.807, 2.05) is 0 Å². The fourth-order valence-electron chi connectivity index (χ4n) is 2.55. The van der Waals surface area contributed by atoms with Crippen LogP contribution in [0.3, 0.4) is 0 Å². The Labute approximate surface area is 84.9 Å². The van der Waals surface area contributed by atoms with Crippen LogP contribution < -0.4 is 0 Å². The normalized spacial score (nSPS) is 30.2. The largest absolute Gasteiger partial charge is 0.114 e. The van der Waals surface area contributed by atoms with E-state index in [4.69, 9.17) is 11.6 Å². The number of alkyl halides is 1. The van der Waals surface area contributed by atoms with Crippen LogP contribution in [0.25, 0.3) is 0 Å². The highest BCUT2D eigenvalue weighted by atomic mass is 35.5. The first kappa shape index (κ1) is 9.08. The van der Waals surface area contributed by atoms with Gasteiger partial charge in [-0.1, -0.05) is 38.1 Å². The van der Waals surface area contributed by atoms with Gasteiger partial charge in [-0.15, -0.1) is 11.6 Å². The second kappa shape index (κ2) is 2.51. The molecule has 1 aliphatic rings. The van der Waals surface area contributed by atoms with Gasteiger partial charge in [0, 0.05) is 0 Å². The lowest BCUT2D eigenvalue weighted by Crippen LogP contribution is -2.16. The molecule has 0 aromatic heterocycles. The van der Waals surface area contributed by atoms with Crippen molar-refractivity contribution in [2.24, 2.45) is 0 Å². The van der Waals surface area contributed by atoms with Gasteiger partial charge in [-0.2, -0.15) is 0 Å². The van der Waals surface area contributed by atoms with Crippen LogP contribution in [-0.2, 0) is 10.3 Å². The fourth-order valence-corrected chi connectivity index (χ4v) is 3.05. The third-order valence-electron chi connectivity index (χ3n) is 2.99. The van der Waals surface area contributed by atoms with E-state index in [1.54, 1.807) is 0 Å². The highest BCUT2D eigenvalue weighted by molar-refractivity contribution is 6.24. The summed E-state index contributed by atoms with van der Waals surface area (Å²) in [5.74, 6) is 0. The van der Waals surface area contributed by atoms with Gasteiger partial charge in [0.15, 0.2) is 0 Å². The van der Waals surface area contributed by atoms with Crippen molar-refractivity contribution in [3.8, 4) is 0 Å². The molecule has 0 bridgehead atoms. The van der Waals surface area contributed by atoms with E-state index in [0.29, 0.717) is 0 Å². The molecule has 13 heavy (non-hydrogen) atoms. The number of halogens is 1. The lowest BCUT2D eigenvalue weighted by Gasteiger charge is -2.20. The van der Waals surface area contributed by atoms with Gasteiger partial charge in [0.05, 0.1) is 4.87 Å². The van der Waals surface area contributed by atoms with Crippen molar-refractivity contribution in [2.75, 3.05) is 0 Å². The monoisotopic (exact) mass is 194 g/mol. The maximum absolute atomic E-state index is 6.48. The van der Waals surface area contributed by atoms with Gasteiger partial charge in [0.25, 0.3) is 0 Å². The van der Waals surface area contributed by atoms with Gasteiger partial charge >= 0.3 is 0 Å². The van der Waals surface area contributed by atoms with Crippen LogP contribution in [0, 0.1) is 0 Å². The predicted molar refractivity (Wildman–Crippen MR) is 57.3 cm³/mol. The molecule has 1 atom stereocenters. The van der Waals surface area contributed by atoms with Crippen LogP contribution in [0.2, 0.25) is 0 Å². The minimum atomic E-state index is -0.167. The minimum absolute atomic E-state index is 0.167. The summed E-state index contributed by atoms with van der Waals surface area (Å²) in [6.45, 7) is 6.64. The lowest BCUT2D eigenvalue weighted by molar-refractivity contribution is 0.464. The van der Waals surface area contributed by atoms with Crippen LogP contribution in [-0.4, -0.2) is 0 Å². The SMILES string of the molecule is CC1(C)CC(C)(Cl)c2ccccc21. The number of hydrogen-bond donors (Lipinski definition) is 0. The molecule has 0 saturated heterocycles. The molecule has 1 heteroatoms. The van der Waals surface area contributed by atoms with E-state index in [1.165, 1.54) is 11.1 Å². The molecular formula is C12H15Cl. The maximum Gasteiger partial charge on any atom is 0.0678 e. The van der Waals surface area contributed by atoms with Crippen molar-refractivity contribution >= 4 is 11.6 Å². The molecule has 0 nitrogen and oxygen atoms in total. The van der Waals surface area contributed by atoms with E-state index < -0.39 is 0 Å². The smallest absolute Gasteiger partial charge is 0.0678 e. The molecule has 1 aromatic carbocycles. The summed E-state index contributed by atoms with van der Waals surface area (Å²) >= 11 is 6.48. The summed E-state index contributed by atoms with van der Waals surface area (Å²) < 4.78 is 0. The first-order chi connectivity index (χ1) is 5.93. The zero-order chi connectivity index (χ0) is 9.69. The summed E-state index contributed by atoms with van der Waals surface area (Å²) in [5.41, 5.74) is 2.95. The van der Waals surface area contributed by atoms with Gasteiger partial charge in [0.1, 0.15) is 0 Å². The average molecular weight is 195 g/mol. The van der Waals surface area contributed by atoms with E-state index in [9.17, 15) is 0 Å². The van der Waals surface area contributed by atoms with Crippen LogP contribution in [0.1, 0.15) is 38.3 Å². The molecule has 0 heterocycles. The molecular weight excluding hydrogens is 180 g/mol. The maximum atomic E-state index is 6.48. The van der Waals surface area contributed by atoms with Crippen molar-refractivity contribution in [2.45, 2.75) is 37.5 Å². The summed E-state index contributed by atoms with van der Waals surface area (Å²) in [6, 6.07) is 8.51. The Morgan fingerprint density at radius 1 is 1.08 bits per heavy atom. The van der Waals surface area contributed by atoms with Crippen LogP contribution in [0.15, 0.2) is 24.3 Å². The van der Waals surface area contributed by atoms with E-state index in [0.717, 1.165) is 6.42 Å². The van der Waals surface area contributed by atoms with Gasteiger partial charge in [0.2, 0.25) is 0 Å². The molecule has 1 aromatic rings. The summed E-state index contributed by atoms with van der Waals surface area (Å²) in [4.78, 5) is -0.167. The Morgan fingerprint density at radius 3 is 2.15 bits per heavy atom. The minimum Gasteiger partial charge on any atom is -0.114 e. The quantitative estimate of drug-likeness (QED) is 0.551. The van der Waals surface area contributed by atoms with Crippen molar-refractivity contribution < 1.29 is 0 Å². The van der Waals surface area contributed by atoms with Gasteiger partial charge in [-0.25, -0.2) is 0 Å². The Bertz CT molecular complexity index is 304. The zero-order valence-corrected chi connectivity index (χ0v) is 9.15. The average Bonchev–Trinajstić information content (AvgIpc) is 2.20. The molecule has 0 saturated carbocycles. The van der Waals surface area contributed by atoms with Gasteiger partial charge in [-0.3, -0.25) is 0 Å². The van der Waals surface area contributed by atoms with Crippen LogP contribution >= 0.6 is 11.6 Å². The van der Waals surface area contributed by atoms with E-state index in [-0.39, 0.29) is 10.3 Å². The third kappa shape index (κ3) is 1.28. The second-order valence-corrected chi connectivity index (χ2v) is 5.64. The Kier molecular flexibility index (Phi) is 1.75. The Balaban J connectivity index is 2.64. The Hall–Kier alpha value is -0.490. The number of benzene rings is 1. The summed E-state index contributed by atoms with van der Waals surface area (Å²) in [5, 5.41) is 0. The molecule has 0 aliphatic heterocycles. The van der Waals surface area contributed by atoms with Gasteiger partial charge < -0.3 is 0 Å². The number of fused-ring (bicyclic) bond motifs is 1. The molecule has 70 valence electrons. The first-order valence-electron chi connectivity index (χ1n) is 4.72. The molecule has 0 spiro atoms. The number of hydrogen-bond acceptors (Lipinski definition) is 0. The molecule has 0 radical (unpaired) electrons. The zero-order valence-electron chi connectivity index (χ0n) is 8.39. The lowest BCUT2D eigenvalue weighted by atomic mass is 9.86. The van der Waals surface area contributed by atoms with Gasteiger partial charge in [-0.05, 0) is 29.9 Å². The highest BCUT2D eigenvalue weighted by Gasteiger charge is 2.42. The molecule has 2 rings (SSSR count). The molecule has 1 aliphatic carbocycles. The Morgan fingerprint density at radius 2 is 1.62 bits per heavy atom. The standard InChI is InChI=1S/C12H15Cl/c1-11(2)8-12(3,13)10-7-5-4-6-9(10)11/h4-7H,8H2,1-3H3. The summed E-state index contributed by atoms with van der Waals surface area (Å²) in [6.07, 6.45) is 1.03. The van der Waals surface area contributed by atoms with Crippen molar-refractivity contribution in [1.29, 1.82) is 0 Å². The molecule has 1 unspecified atom stereocenters. The molecule has 0 fully saturated rings. The number of rotatable bonds is 0. The molecule has 0 amide bonds. The highest BCUT2D eigenvalue weighted by Crippen LogP contribution is 2.51.